The number of nitrogens with zero attached hydrogens (tertiary/aromatic N) is 3. The van der Waals surface area contributed by atoms with Gasteiger partial charge in [0.1, 0.15) is 11.9 Å². The second-order valence-corrected chi connectivity index (χ2v) is 5.38. The molecule has 2 aromatic rings. The molecule has 0 saturated carbocycles. The Morgan fingerprint density at radius 2 is 2.22 bits per heavy atom. The summed E-state index contributed by atoms with van der Waals surface area (Å²) in [5, 5.41) is 20.7. The van der Waals surface area contributed by atoms with Crippen molar-refractivity contribution in [3.63, 3.8) is 0 Å². The van der Waals surface area contributed by atoms with Gasteiger partial charge < -0.3 is 20.2 Å². The van der Waals surface area contributed by atoms with Gasteiger partial charge in [0.25, 0.3) is 0 Å². The van der Waals surface area contributed by atoms with Crippen molar-refractivity contribution in [3.05, 3.63) is 41.1 Å². The Morgan fingerprint density at radius 1 is 1.43 bits per heavy atom. The Hall–Kier alpha value is -2.28. The fraction of sp³-hybridized carbons (Fsp3) is 0.500. The summed E-state index contributed by atoms with van der Waals surface area (Å²) in [6, 6.07) is 3.50. The summed E-state index contributed by atoms with van der Waals surface area (Å²) in [7, 11) is 1.93. The lowest BCUT2D eigenvalue weighted by Gasteiger charge is -2.14. The van der Waals surface area contributed by atoms with Crippen LogP contribution >= 0.6 is 0 Å². The number of aliphatic hydroxyl groups is 1. The van der Waals surface area contributed by atoms with Gasteiger partial charge in [-0.05, 0) is 32.9 Å². The van der Waals surface area contributed by atoms with E-state index < -0.39 is 6.10 Å². The zero-order valence-electron chi connectivity index (χ0n) is 14.1. The maximum atomic E-state index is 10.1. The summed E-state index contributed by atoms with van der Waals surface area (Å²) < 4.78 is 7.05. The third kappa shape index (κ3) is 4.35. The highest BCUT2D eigenvalue weighted by atomic mass is 16.4. The van der Waals surface area contributed by atoms with Crippen LogP contribution in [0.15, 0.2) is 27.8 Å². The maximum Gasteiger partial charge on any atom is 0.191 e. The minimum absolute atomic E-state index is 0.324. The number of aryl methyl sites for hydroxylation is 2. The Kier molecular flexibility index (Phi) is 5.81. The molecule has 0 aliphatic rings. The lowest BCUT2D eigenvalue weighted by atomic mass is 10.2. The van der Waals surface area contributed by atoms with Crippen molar-refractivity contribution < 1.29 is 9.52 Å². The Bertz CT molecular complexity index is 646. The van der Waals surface area contributed by atoms with Crippen LogP contribution < -0.4 is 10.6 Å². The quantitative estimate of drug-likeness (QED) is 0.554. The Labute approximate surface area is 136 Å². The van der Waals surface area contributed by atoms with Crippen molar-refractivity contribution in [2.45, 2.75) is 33.4 Å². The van der Waals surface area contributed by atoms with E-state index in [1.807, 2.05) is 32.5 Å². The molecule has 0 fully saturated rings. The maximum absolute atomic E-state index is 10.1. The van der Waals surface area contributed by atoms with Gasteiger partial charge >= 0.3 is 0 Å². The number of furan rings is 1. The molecule has 0 aromatic carbocycles. The normalized spacial score (nSPS) is 13.2. The molecule has 126 valence electrons. The van der Waals surface area contributed by atoms with Crippen LogP contribution in [0.4, 0.5) is 0 Å². The number of aromatic nitrogens is 2. The number of rotatable bonds is 6. The van der Waals surface area contributed by atoms with E-state index in [0.29, 0.717) is 24.8 Å². The van der Waals surface area contributed by atoms with Crippen LogP contribution in [-0.4, -0.2) is 33.9 Å². The fourth-order valence-corrected chi connectivity index (χ4v) is 2.32. The van der Waals surface area contributed by atoms with Gasteiger partial charge in [-0.1, -0.05) is 0 Å². The van der Waals surface area contributed by atoms with E-state index in [9.17, 15) is 5.11 Å². The van der Waals surface area contributed by atoms with Gasteiger partial charge in [0.2, 0.25) is 0 Å². The summed E-state index contributed by atoms with van der Waals surface area (Å²) in [5.41, 5.74) is 3.22. The standard InChI is InChI=1S/C16H25N5O2/c1-5-17-16(19-10-14(22)15-7-6-8-23-15)18-9-13-11(2)20-21(4)12(13)3/h6-8,14,22H,5,9-10H2,1-4H3,(H2,17,18,19). The van der Waals surface area contributed by atoms with Crippen molar-refractivity contribution in [1.82, 2.24) is 20.4 Å². The Balaban J connectivity index is 1.99. The van der Waals surface area contributed by atoms with E-state index in [4.69, 9.17) is 4.42 Å². The molecule has 2 heterocycles. The average Bonchev–Trinajstić information content (AvgIpc) is 3.13. The van der Waals surface area contributed by atoms with Crippen LogP contribution in [0, 0.1) is 13.8 Å². The molecule has 1 unspecified atom stereocenters. The van der Waals surface area contributed by atoms with Crippen molar-refractivity contribution in [2.75, 3.05) is 13.1 Å². The summed E-state index contributed by atoms with van der Waals surface area (Å²) in [4.78, 5) is 4.57. The molecule has 7 heteroatoms. The average molecular weight is 319 g/mol. The molecule has 2 rings (SSSR count). The topological polar surface area (TPSA) is 87.6 Å². The second kappa shape index (κ2) is 7.82. The summed E-state index contributed by atoms with van der Waals surface area (Å²) in [6.45, 7) is 7.63. The molecule has 2 aromatic heterocycles. The van der Waals surface area contributed by atoms with Gasteiger partial charge in [-0.15, -0.1) is 0 Å². The monoisotopic (exact) mass is 319 g/mol. The summed E-state index contributed by atoms with van der Waals surface area (Å²) >= 11 is 0. The van der Waals surface area contributed by atoms with Gasteiger partial charge in [0.15, 0.2) is 5.96 Å². The molecule has 3 N–H and O–H groups in total. The van der Waals surface area contributed by atoms with Crippen LogP contribution in [-0.2, 0) is 13.6 Å². The number of nitrogens with one attached hydrogen (secondary N) is 2. The first kappa shape index (κ1) is 17.1. The van der Waals surface area contributed by atoms with E-state index in [1.54, 1.807) is 18.4 Å². The van der Waals surface area contributed by atoms with Gasteiger partial charge in [0, 0.05) is 24.8 Å². The van der Waals surface area contributed by atoms with Crippen molar-refractivity contribution in [1.29, 1.82) is 0 Å². The van der Waals surface area contributed by atoms with E-state index in [2.05, 4.69) is 20.7 Å². The van der Waals surface area contributed by atoms with Crippen LogP contribution in [0.3, 0.4) is 0 Å². The van der Waals surface area contributed by atoms with E-state index in [1.165, 1.54) is 0 Å². The van der Waals surface area contributed by atoms with Crippen LogP contribution in [0.2, 0.25) is 0 Å². The largest absolute Gasteiger partial charge is 0.467 e. The van der Waals surface area contributed by atoms with E-state index in [0.717, 1.165) is 23.5 Å². The zero-order chi connectivity index (χ0) is 16.8. The minimum atomic E-state index is -0.712. The van der Waals surface area contributed by atoms with E-state index >= 15 is 0 Å². The number of aliphatic imine (C=N–C) groups is 1. The molecule has 0 amide bonds. The smallest absolute Gasteiger partial charge is 0.191 e. The second-order valence-electron chi connectivity index (χ2n) is 5.38. The molecule has 23 heavy (non-hydrogen) atoms. The molecule has 1 atom stereocenters. The summed E-state index contributed by atoms with van der Waals surface area (Å²) in [5.74, 6) is 1.19. The molecule has 0 bridgehead atoms. The van der Waals surface area contributed by atoms with Crippen molar-refractivity contribution in [3.8, 4) is 0 Å². The summed E-state index contributed by atoms with van der Waals surface area (Å²) in [6.07, 6.45) is 0.835. The lowest BCUT2D eigenvalue weighted by molar-refractivity contribution is 0.153. The van der Waals surface area contributed by atoms with E-state index in [-0.39, 0.29) is 0 Å². The minimum Gasteiger partial charge on any atom is -0.467 e. The number of hydrogen-bond acceptors (Lipinski definition) is 4. The molecule has 0 spiro atoms. The van der Waals surface area contributed by atoms with Gasteiger partial charge in [0.05, 0.1) is 25.0 Å². The molecule has 0 aliphatic heterocycles. The van der Waals surface area contributed by atoms with Gasteiger partial charge in [-0.2, -0.15) is 5.10 Å². The lowest BCUT2D eigenvalue weighted by Crippen LogP contribution is -2.39. The first-order valence-corrected chi connectivity index (χ1v) is 7.75. The first-order valence-electron chi connectivity index (χ1n) is 7.75. The number of aliphatic hydroxyl groups excluding tert-OH is 1. The first-order chi connectivity index (χ1) is 11.0. The highest BCUT2D eigenvalue weighted by Gasteiger charge is 2.12. The van der Waals surface area contributed by atoms with Crippen LogP contribution in [0.25, 0.3) is 0 Å². The zero-order valence-corrected chi connectivity index (χ0v) is 14.1. The number of hydrogen-bond donors (Lipinski definition) is 3. The SMILES string of the molecule is CCNC(=NCc1c(C)nn(C)c1C)NCC(O)c1ccco1. The van der Waals surface area contributed by atoms with Crippen LogP contribution in [0.1, 0.15) is 35.7 Å². The number of guanidine groups is 1. The molecule has 0 aliphatic carbocycles. The molecule has 0 radical (unpaired) electrons. The van der Waals surface area contributed by atoms with Crippen molar-refractivity contribution >= 4 is 5.96 Å². The predicted octanol–water partition coefficient (Wildman–Crippen LogP) is 1.42. The fourth-order valence-electron chi connectivity index (χ4n) is 2.32. The predicted molar refractivity (Wildman–Crippen MR) is 89.2 cm³/mol. The molecular weight excluding hydrogens is 294 g/mol. The third-order valence-electron chi connectivity index (χ3n) is 3.73. The highest BCUT2D eigenvalue weighted by Crippen LogP contribution is 2.13. The molecule has 7 nitrogen and oxygen atoms in total. The third-order valence-corrected chi connectivity index (χ3v) is 3.73. The van der Waals surface area contributed by atoms with Gasteiger partial charge in [-0.25, -0.2) is 4.99 Å². The van der Waals surface area contributed by atoms with Crippen molar-refractivity contribution in [2.24, 2.45) is 12.0 Å². The van der Waals surface area contributed by atoms with Gasteiger partial charge in [-0.3, -0.25) is 4.68 Å². The molecule has 0 saturated heterocycles. The highest BCUT2D eigenvalue weighted by molar-refractivity contribution is 5.79. The van der Waals surface area contributed by atoms with Crippen LogP contribution in [0.5, 0.6) is 0 Å². The Morgan fingerprint density at radius 3 is 2.78 bits per heavy atom. The molecular formula is C16H25N5O2.